The maximum absolute atomic E-state index is 5.19. The van der Waals surface area contributed by atoms with Gasteiger partial charge in [-0.3, -0.25) is 0 Å². The third-order valence-corrected chi connectivity index (χ3v) is 3.00. The highest BCUT2D eigenvalue weighted by atomic mass is 16.5. The van der Waals surface area contributed by atoms with Gasteiger partial charge in [0.2, 0.25) is 0 Å². The molecular weight excluding hydrogens is 188 g/mol. The minimum atomic E-state index is 0.785. The van der Waals surface area contributed by atoms with Crippen LogP contribution in [0.15, 0.2) is 12.7 Å². The van der Waals surface area contributed by atoms with Crippen molar-refractivity contribution in [3.8, 4) is 0 Å². The van der Waals surface area contributed by atoms with Crippen LogP contribution in [0.3, 0.4) is 0 Å². The molecule has 1 N–H and O–H groups in total. The first kappa shape index (κ1) is 12.7. The van der Waals surface area contributed by atoms with E-state index in [1.165, 1.54) is 25.9 Å². The minimum Gasteiger partial charge on any atom is -0.384 e. The molecule has 0 aromatic heterocycles. The molecule has 0 saturated carbocycles. The molecule has 88 valence electrons. The molecule has 0 aromatic rings. The van der Waals surface area contributed by atoms with E-state index in [1.807, 2.05) is 6.08 Å². The standard InChI is InChI=1S/C12H24N2O/c1-3-6-13-7-10-14-8-4-12(5-9-14)11-15-2/h3,12-13H,1,4-11H2,2H3. The summed E-state index contributed by atoms with van der Waals surface area (Å²) in [5.74, 6) is 0.785. The number of hydrogen-bond donors (Lipinski definition) is 1. The lowest BCUT2D eigenvalue weighted by Crippen LogP contribution is -2.39. The number of ether oxygens (including phenoxy) is 1. The van der Waals surface area contributed by atoms with Gasteiger partial charge in [0, 0.05) is 33.4 Å². The van der Waals surface area contributed by atoms with Crippen LogP contribution in [-0.2, 0) is 4.74 Å². The largest absolute Gasteiger partial charge is 0.384 e. The van der Waals surface area contributed by atoms with E-state index in [2.05, 4.69) is 16.8 Å². The maximum atomic E-state index is 5.19. The molecule has 1 aliphatic rings. The van der Waals surface area contributed by atoms with Gasteiger partial charge < -0.3 is 15.0 Å². The van der Waals surface area contributed by atoms with Crippen LogP contribution >= 0.6 is 0 Å². The second-order valence-corrected chi connectivity index (χ2v) is 4.23. The fourth-order valence-electron chi connectivity index (χ4n) is 2.05. The smallest absolute Gasteiger partial charge is 0.0491 e. The van der Waals surface area contributed by atoms with Crippen LogP contribution < -0.4 is 5.32 Å². The summed E-state index contributed by atoms with van der Waals surface area (Å²) in [6.07, 6.45) is 4.48. The van der Waals surface area contributed by atoms with Crippen molar-refractivity contribution in [3.05, 3.63) is 12.7 Å². The van der Waals surface area contributed by atoms with Gasteiger partial charge in [0.15, 0.2) is 0 Å². The molecule has 0 aliphatic carbocycles. The Bertz CT molecular complexity index is 165. The monoisotopic (exact) mass is 212 g/mol. The number of methoxy groups -OCH3 is 1. The number of nitrogens with zero attached hydrogens (tertiary/aromatic N) is 1. The van der Waals surface area contributed by atoms with E-state index < -0.39 is 0 Å². The summed E-state index contributed by atoms with van der Waals surface area (Å²) in [4.78, 5) is 2.53. The van der Waals surface area contributed by atoms with Crippen molar-refractivity contribution in [2.75, 3.05) is 46.4 Å². The highest BCUT2D eigenvalue weighted by Crippen LogP contribution is 2.16. The zero-order valence-corrected chi connectivity index (χ0v) is 9.87. The number of nitrogens with one attached hydrogen (secondary N) is 1. The first-order chi connectivity index (χ1) is 7.36. The first-order valence-electron chi connectivity index (χ1n) is 5.89. The Balaban J connectivity index is 2.01. The first-order valence-corrected chi connectivity index (χ1v) is 5.89. The summed E-state index contributed by atoms with van der Waals surface area (Å²) in [5.41, 5.74) is 0. The van der Waals surface area contributed by atoms with Crippen molar-refractivity contribution in [3.63, 3.8) is 0 Å². The Morgan fingerprint density at radius 2 is 2.20 bits per heavy atom. The second kappa shape index (κ2) is 7.85. The topological polar surface area (TPSA) is 24.5 Å². The van der Waals surface area contributed by atoms with Gasteiger partial charge in [-0.15, -0.1) is 6.58 Å². The van der Waals surface area contributed by atoms with Crippen molar-refractivity contribution in [1.82, 2.24) is 10.2 Å². The highest BCUT2D eigenvalue weighted by Gasteiger charge is 2.18. The van der Waals surface area contributed by atoms with E-state index in [9.17, 15) is 0 Å². The Morgan fingerprint density at radius 1 is 1.47 bits per heavy atom. The van der Waals surface area contributed by atoms with E-state index in [-0.39, 0.29) is 0 Å². The fraction of sp³-hybridized carbons (Fsp3) is 0.833. The summed E-state index contributed by atoms with van der Waals surface area (Å²) < 4.78 is 5.19. The van der Waals surface area contributed by atoms with Gasteiger partial charge in [0.05, 0.1) is 0 Å². The Hall–Kier alpha value is -0.380. The van der Waals surface area contributed by atoms with Gasteiger partial charge in [-0.2, -0.15) is 0 Å². The van der Waals surface area contributed by atoms with Gasteiger partial charge in [-0.05, 0) is 31.8 Å². The normalized spacial score (nSPS) is 19.3. The second-order valence-electron chi connectivity index (χ2n) is 4.23. The van der Waals surface area contributed by atoms with E-state index in [0.29, 0.717) is 0 Å². The summed E-state index contributed by atoms with van der Waals surface area (Å²) in [6, 6.07) is 0. The average molecular weight is 212 g/mol. The molecule has 0 atom stereocenters. The number of hydrogen-bond acceptors (Lipinski definition) is 3. The summed E-state index contributed by atoms with van der Waals surface area (Å²) in [6.45, 7) is 10.2. The Kier molecular flexibility index (Phi) is 6.64. The molecule has 3 heteroatoms. The third kappa shape index (κ3) is 5.30. The summed E-state index contributed by atoms with van der Waals surface area (Å²) in [5, 5.41) is 3.33. The highest BCUT2D eigenvalue weighted by molar-refractivity contribution is 4.74. The average Bonchev–Trinajstić information content (AvgIpc) is 2.27. The van der Waals surface area contributed by atoms with E-state index in [0.717, 1.165) is 32.2 Å². The van der Waals surface area contributed by atoms with Gasteiger partial charge in [0.25, 0.3) is 0 Å². The maximum Gasteiger partial charge on any atom is 0.0491 e. The van der Waals surface area contributed by atoms with Crippen LogP contribution in [0.25, 0.3) is 0 Å². The SMILES string of the molecule is C=CCNCCN1CCC(COC)CC1. The lowest BCUT2D eigenvalue weighted by molar-refractivity contribution is 0.1000. The Labute approximate surface area is 93.5 Å². The van der Waals surface area contributed by atoms with Crippen LogP contribution in [0.5, 0.6) is 0 Å². The molecule has 15 heavy (non-hydrogen) atoms. The van der Waals surface area contributed by atoms with Crippen LogP contribution in [0.1, 0.15) is 12.8 Å². The van der Waals surface area contributed by atoms with Crippen LogP contribution in [0.4, 0.5) is 0 Å². The molecule has 0 amide bonds. The van der Waals surface area contributed by atoms with E-state index >= 15 is 0 Å². The van der Waals surface area contributed by atoms with Crippen LogP contribution in [-0.4, -0.2) is 51.3 Å². The van der Waals surface area contributed by atoms with Crippen molar-refractivity contribution in [2.45, 2.75) is 12.8 Å². The summed E-state index contributed by atoms with van der Waals surface area (Å²) in [7, 11) is 1.80. The molecular formula is C12H24N2O. The molecule has 1 fully saturated rings. The molecule has 0 spiro atoms. The van der Waals surface area contributed by atoms with Crippen molar-refractivity contribution in [1.29, 1.82) is 0 Å². The molecule has 1 heterocycles. The van der Waals surface area contributed by atoms with Gasteiger partial charge in [0.1, 0.15) is 0 Å². The molecule has 1 rings (SSSR count). The minimum absolute atomic E-state index is 0.785. The van der Waals surface area contributed by atoms with E-state index in [4.69, 9.17) is 4.74 Å². The Morgan fingerprint density at radius 3 is 2.80 bits per heavy atom. The molecule has 0 unspecified atom stereocenters. The molecule has 3 nitrogen and oxygen atoms in total. The van der Waals surface area contributed by atoms with Crippen LogP contribution in [0.2, 0.25) is 0 Å². The van der Waals surface area contributed by atoms with Crippen LogP contribution in [0, 0.1) is 5.92 Å². The lowest BCUT2D eigenvalue weighted by Gasteiger charge is -2.31. The van der Waals surface area contributed by atoms with Gasteiger partial charge >= 0.3 is 0 Å². The number of piperidine rings is 1. The predicted molar refractivity (Wildman–Crippen MR) is 64.1 cm³/mol. The fourth-order valence-corrected chi connectivity index (χ4v) is 2.05. The number of rotatable bonds is 7. The van der Waals surface area contributed by atoms with Crippen molar-refractivity contribution in [2.24, 2.45) is 5.92 Å². The zero-order valence-electron chi connectivity index (χ0n) is 9.87. The molecule has 0 radical (unpaired) electrons. The molecule has 1 aliphatic heterocycles. The lowest BCUT2D eigenvalue weighted by atomic mass is 9.98. The van der Waals surface area contributed by atoms with Crippen molar-refractivity contribution < 1.29 is 4.74 Å². The molecule has 0 bridgehead atoms. The van der Waals surface area contributed by atoms with Gasteiger partial charge in [-0.1, -0.05) is 6.08 Å². The van der Waals surface area contributed by atoms with E-state index in [1.54, 1.807) is 7.11 Å². The van der Waals surface area contributed by atoms with Crippen molar-refractivity contribution >= 4 is 0 Å². The van der Waals surface area contributed by atoms with Gasteiger partial charge in [-0.25, -0.2) is 0 Å². The number of likely N-dealkylation sites (tertiary alicyclic amines) is 1. The molecule has 0 aromatic carbocycles. The predicted octanol–water partition coefficient (Wildman–Crippen LogP) is 1.12. The molecule has 1 saturated heterocycles. The quantitative estimate of drug-likeness (QED) is 0.505. The zero-order chi connectivity index (χ0) is 10.9. The third-order valence-electron chi connectivity index (χ3n) is 3.00. The summed E-state index contributed by atoms with van der Waals surface area (Å²) >= 11 is 0.